The molecule has 20 heavy (non-hydrogen) atoms. The zero-order chi connectivity index (χ0) is 14.9. The number of aromatic nitrogens is 2. The third kappa shape index (κ3) is 2.85. The van der Waals surface area contributed by atoms with Crippen molar-refractivity contribution in [1.29, 1.82) is 0 Å². The van der Waals surface area contributed by atoms with Crippen molar-refractivity contribution in [3.05, 3.63) is 33.9 Å². The van der Waals surface area contributed by atoms with Crippen molar-refractivity contribution in [3.63, 3.8) is 0 Å². The summed E-state index contributed by atoms with van der Waals surface area (Å²) < 4.78 is 6.39. The zero-order valence-electron chi connectivity index (χ0n) is 11.4. The summed E-state index contributed by atoms with van der Waals surface area (Å²) in [5.74, 6) is -0.280. The van der Waals surface area contributed by atoms with Gasteiger partial charge in [-0.15, -0.1) is 0 Å². The van der Waals surface area contributed by atoms with E-state index in [0.717, 1.165) is 10.0 Å². The highest BCUT2D eigenvalue weighted by Gasteiger charge is 2.19. The number of halogens is 1. The molecule has 0 aliphatic heterocycles. The van der Waals surface area contributed by atoms with E-state index >= 15 is 0 Å². The Morgan fingerprint density at radius 1 is 1.45 bits per heavy atom. The van der Waals surface area contributed by atoms with Crippen molar-refractivity contribution in [1.82, 2.24) is 10.2 Å². The maximum Gasteiger partial charge on any atom is 0.339 e. The minimum absolute atomic E-state index is 0.0689. The molecule has 0 saturated heterocycles. The Bertz CT molecular complexity index is 650. The van der Waals surface area contributed by atoms with Gasteiger partial charge in [-0.25, -0.2) is 4.79 Å². The Morgan fingerprint density at radius 3 is 2.70 bits per heavy atom. The van der Waals surface area contributed by atoms with Crippen molar-refractivity contribution in [2.45, 2.75) is 26.9 Å². The quantitative estimate of drug-likeness (QED) is 0.892. The van der Waals surface area contributed by atoms with Crippen molar-refractivity contribution < 1.29 is 14.6 Å². The normalized spacial score (nSPS) is 10.8. The third-order valence-corrected chi connectivity index (χ3v) is 3.35. The second-order valence-corrected chi connectivity index (χ2v) is 5.54. The van der Waals surface area contributed by atoms with Crippen LogP contribution in [-0.4, -0.2) is 27.4 Å². The highest BCUT2D eigenvalue weighted by molar-refractivity contribution is 9.10. The van der Waals surface area contributed by atoms with Crippen molar-refractivity contribution >= 4 is 21.9 Å². The largest absolute Gasteiger partial charge is 0.490 e. The van der Waals surface area contributed by atoms with Crippen LogP contribution in [-0.2, 0) is 0 Å². The lowest BCUT2D eigenvalue weighted by Crippen LogP contribution is -2.06. The van der Waals surface area contributed by atoms with Crippen LogP contribution in [0.4, 0.5) is 0 Å². The summed E-state index contributed by atoms with van der Waals surface area (Å²) in [7, 11) is 0. The molecule has 0 unspecified atom stereocenters. The van der Waals surface area contributed by atoms with Crippen LogP contribution in [0.2, 0.25) is 0 Å². The first-order valence-electron chi connectivity index (χ1n) is 6.15. The van der Waals surface area contributed by atoms with Crippen LogP contribution in [0.1, 0.15) is 29.9 Å². The van der Waals surface area contributed by atoms with Crippen molar-refractivity contribution in [2.24, 2.45) is 0 Å². The highest BCUT2D eigenvalue weighted by Crippen LogP contribution is 2.32. The summed E-state index contributed by atoms with van der Waals surface area (Å²) in [6, 6.07) is 5.40. The van der Waals surface area contributed by atoms with Gasteiger partial charge in [-0.2, -0.15) is 5.10 Å². The fourth-order valence-corrected chi connectivity index (χ4v) is 2.37. The number of nitrogens with one attached hydrogen (secondary N) is 1. The van der Waals surface area contributed by atoms with Gasteiger partial charge in [-0.3, -0.25) is 5.10 Å². The molecule has 0 spiro atoms. The van der Waals surface area contributed by atoms with Gasteiger partial charge < -0.3 is 9.84 Å². The standard InChI is InChI=1S/C14H15BrN2O3/c1-7(2)20-11-5-4-9(6-10(11)15)13-12(14(18)19)8(3)16-17-13/h4-7H,1-3H3,(H,16,17)(H,18,19). The van der Waals surface area contributed by atoms with E-state index in [1.165, 1.54) is 0 Å². The average Bonchev–Trinajstić information content (AvgIpc) is 2.73. The molecule has 2 N–H and O–H groups in total. The van der Waals surface area contributed by atoms with Crippen LogP contribution in [0, 0.1) is 6.92 Å². The van der Waals surface area contributed by atoms with Gasteiger partial charge in [0.2, 0.25) is 0 Å². The lowest BCUT2D eigenvalue weighted by atomic mass is 10.1. The van der Waals surface area contributed by atoms with E-state index < -0.39 is 5.97 Å². The molecule has 0 atom stereocenters. The predicted octanol–water partition coefficient (Wildman–Crippen LogP) is 3.63. The molecular formula is C14H15BrN2O3. The Labute approximate surface area is 125 Å². The van der Waals surface area contributed by atoms with Crippen LogP contribution in [0.25, 0.3) is 11.3 Å². The van der Waals surface area contributed by atoms with Gasteiger partial charge in [-0.05, 0) is 54.9 Å². The number of nitrogens with zero attached hydrogens (tertiary/aromatic N) is 1. The molecule has 1 aromatic carbocycles. The fourth-order valence-electron chi connectivity index (χ4n) is 1.90. The molecule has 1 aromatic heterocycles. The predicted molar refractivity (Wildman–Crippen MR) is 79.2 cm³/mol. The molecule has 2 aromatic rings. The first-order valence-corrected chi connectivity index (χ1v) is 6.94. The number of carbonyl (C=O) groups is 1. The number of aromatic carboxylic acids is 1. The molecule has 6 heteroatoms. The van der Waals surface area contributed by atoms with Crippen LogP contribution >= 0.6 is 15.9 Å². The summed E-state index contributed by atoms with van der Waals surface area (Å²) in [4.78, 5) is 11.3. The number of hydrogen-bond acceptors (Lipinski definition) is 3. The summed E-state index contributed by atoms with van der Waals surface area (Å²) in [5.41, 5.74) is 1.86. The fraction of sp³-hybridized carbons (Fsp3) is 0.286. The van der Waals surface area contributed by atoms with Crippen molar-refractivity contribution in [2.75, 3.05) is 0 Å². The van der Waals surface area contributed by atoms with E-state index in [4.69, 9.17) is 4.74 Å². The molecule has 0 saturated carbocycles. The minimum atomic E-state index is -0.995. The Balaban J connectivity index is 2.45. The molecule has 1 heterocycles. The van der Waals surface area contributed by atoms with Gasteiger partial charge in [0, 0.05) is 11.3 Å². The van der Waals surface area contributed by atoms with Gasteiger partial charge in [0.15, 0.2) is 0 Å². The molecule has 0 aliphatic rings. The van der Waals surface area contributed by atoms with Gasteiger partial charge in [0.05, 0.1) is 10.6 Å². The van der Waals surface area contributed by atoms with Crippen LogP contribution in [0.15, 0.2) is 22.7 Å². The van der Waals surface area contributed by atoms with Crippen LogP contribution < -0.4 is 4.74 Å². The number of aryl methyl sites for hydroxylation is 1. The van der Waals surface area contributed by atoms with Gasteiger partial charge in [0.1, 0.15) is 17.0 Å². The Hall–Kier alpha value is -1.82. The monoisotopic (exact) mass is 338 g/mol. The molecule has 0 fully saturated rings. The smallest absolute Gasteiger partial charge is 0.339 e. The first kappa shape index (κ1) is 14.6. The third-order valence-electron chi connectivity index (χ3n) is 2.73. The average molecular weight is 339 g/mol. The van der Waals surface area contributed by atoms with Gasteiger partial charge in [-0.1, -0.05) is 0 Å². The maximum atomic E-state index is 11.3. The SMILES string of the molecule is Cc1[nH]nc(-c2ccc(OC(C)C)c(Br)c2)c1C(=O)O. The zero-order valence-corrected chi connectivity index (χ0v) is 13.0. The topological polar surface area (TPSA) is 75.2 Å². The molecule has 0 radical (unpaired) electrons. The number of ether oxygens (including phenoxy) is 1. The summed E-state index contributed by atoms with van der Waals surface area (Å²) in [6.45, 7) is 5.57. The number of rotatable bonds is 4. The summed E-state index contributed by atoms with van der Waals surface area (Å²) in [5, 5.41) is 16.0. The maximum absolute atomic E-state index is 11.3. The number of aromatic amines is 1. The van der Waals surface area contributed by atoms with E-state index in [2.05, 4.69) is 26.1 Å². The number of carboxylic acids is 1. The number of H-pyrrole nitrogens is 1. The minimum Gasteiger partial charge on any atom is -0.490 e. The van der Waals surface area contributed by atoms with Gasteiger partial charge >= 0.3 is 5.97 Å². The van der Waals surface area contributed by atoms with E-state index in [-0.39, 0.29) is 11.7 Å². The lowest BCUT2D eigenvalue weighted by Gasteiger charge is -2.12. The van der Waals surface area contributed by atoms with Crippen LogP contribution in [0.3, 0.4) is 0 Å². The summed E-state index contributed by atoms with van der Waals surface area (Å²) in [6.07, 6.45) is 0.0689. The molecular weight excluding hydrogens is 324 g/mol. The molecule has 0 aliphatic carbocycles. The lowest BCUT2D eigenvalue weighted by molar-refractivity contribution is 0.0697. The second-order valence-electron chi connectivity index (χ2n) is 4.69. The summed E-state index contributed by atoms with van der Waals surface area (Å²) >= 11 is 3.43. The second kappa shape index (κ2) is 5.66. The van der Waals surface area contributed by atoms with Crippen molar-refractivity contribution in [3.8, 4) is 17.0 Å². The van der Waals surface area contributed by atoms with Gasteiger partial charge in [0.25, 0.3) is 0 Å². The van der Waals surface area contributed by atoms with E-state index in [0.29, 0.717) is 17.1 Å². The van der Waals surface area contributed by atoms with E-state index in [1.807, 2.05) is 13.8 Å². The first-order chi connectivity index (χ1) is 9.40. The molecule has 106 valence electrons. The Kier molecular flexibility index (Phi) is 4.13. The Morgan fingerprint density at radius 2 is 2.15 bits per heavy atom. The molecule has 0 bridgehead atoms. The molecule has 0 amide bonds. The number of carboxylic acid groups (broad SMARTS) is 1. The molecule has 2 rings (SSSR count). The molecule has 5 nitrogen and oxygen atoms in total. The number of hydrogen-bond donors (Lipinski definition) is 2. The highest BCUT2D eigenvalue weighted by atomic mass is 79.9. The van der Waals surface area contributed by atoms with Crippen LogP contribution in [0.5, 0.6) is 5.75 Å². The van der Waals surface area contributed by atoms with E-state index in [1.54, 1.807) is 25.1 Å². The van der Waals surface area contributed by atoms with E-state index in [9.17, 15) is 9.90 Å². The number of benzene rings is 1.